The largest absolute Gasteiger partial charge is 0.323 e. The van der Waals surface area contributed by atoms with E-state index < -0.39 is 0 Å². The van der Waals surface area contributed by atoms with Crippen LogP contribution in [0.1, 0.15) is 5.56 Å². The van der Waals surface area contributed by atoms with Crippen LogP contribution in [0.5, 0.6) is 0 Å². The van der Waals surface area contributed by atoms with Crippen molar-refractivity contribution in [1.29, 1.82) is 0 Å². The number of amides is 2. The van der Waals surface area contributed by atoms with Gasteiger partial charge in [-0.1, -0.05) is 47.5 Å². The number of carbonyl (C=O) groups is 2. The van der Waals surface area contributed by atoms with Crippen molar-refractivity contribution in [2.45, 2.75) is 6.54 Å². The maximum absolute atomic E-state index is 11.7. The Morgan fingerprint density at radius 3 is 2.47 bits per heavy atom. The van der Waals surface area contributed by atoms with E-state index in [1.807, 2.05) is 44.4 Å². The number of nitrogens with zero attached hydrogens (tertiary/aromatic N) is 3. The summed E-state index contributed by atoms with van der Waals surface area (Å²) in [5.74, 6) is 0.445. The first-order valence-corrected chi connectivity index (χ1v) is 10.7. The first-order chi connectivity index (χ1) is 14.3. The first-order valence-electron chi connectivity index (χ1n) is 9.17. The third-order valence-corrected chi connectivity index (χ3v) is 6.20. The highest BCUT2D eigenvalue weighted by atomic mass is 35.5. The summed E-state index contributed by atoms with van der Waals surface area (Å²) in [5, 5.41) is 2.87. The molecule has 0 unspecified atom stereocenters. The smallest absolute Gasteiger partial charge is 0.290 e. The lowest BCUT2D eigenvalue weighted by molar-refractivity contribution is -0.115. The quantitative estimate of drug-likeness (QED) is 0.548. The fraction of sp³-hybridized carbons (Fsp3) is 0.190. The van der Waals surface area contributed by atoms with E-state index in [9.17, 15) is 9.59 Å². The predicted octanol–water partition coefficient (Wildman–Crippen LogP) is 4.90. The number of thioether (sulfide) groups is 1. The molecule has 1 saturated heterocycles. The molecule has 0 spiro atoms. The lowest BCUT2D eigenvalue weighted by atomic mass is 10.1. The van der Waals surface area contributed by atoms with Crippen molar-refractivity contribution in [3.8, 4) is 11.4 Å². The molecule has 1 aliphatic rings. The fourth-order valence-corrected chi connectivity index (χ4v) is 4.17. The molecule has 0 atom stereocenters. The molecule has 1 N–H and O–H groups in total. The Kier molecular flexibility index (Phi) is 5.88. The minimum absolute atomic E-state index is 0.352. The number of aromatic nitrogens is 2. The number of likely N-dealkylation sites (N-methyl/N-ethyl adjacent to an activating group) is 1. The van der Waals surface area contributed by atoms with Crippen molar-refractivity contribution in [3.05, 3.63) is 56.9 Å². The van der Waals surface area contributed by atoms with Crippen LogP contribution in [0.3, 0.4) is 0 Å². The van der Waals surface area contributed by atoms with E-state index in [1.54, 1.807) is 12.1 Å². The Bertz CT molecular complexity index is 1190. The zero-order valence-electron chi connectivity index (χ0n) is 16.3. The van der Waals surface area contributed by atoms with Crippen LogP contribution >= 0.6 is 35.0 Å². The van der Waals surface area contributed by atoms with E-state index in [0.29, 0.717) is 15.0 Å². The number of hydrogen-bond donors (Lipinski definition) is 1. The third kappa shape index (κ3) is 4.25. The Labute approximate surface area is 187 Å². The highest BCUT2D eigenvalue weighted by molar-refractivity contribution is 8.18. The average Bonchev–Trinajstić information content (AvgIpc) is 3.20. The van der Waals surface area contributed by atoms with Crippen molar-refractivity contribution in [3.63, 3.8) is 0 Å². The molecule has 6 nitrogen and oxygen atoms in total. The number of carbonyl (C=O) groups excluding carboxylic acids is 2. The van der Waals surface area contributed by atoms with Crippen LogP contribution in [0.2, 0.25) is 10.0 Å². The van der Waals surface area contributed by atoms with E-state index in [0.717, 1.165) is 52.8 Å². The Morgan fingerprint density at radius 2 is 1.83 bits per heavy atom. The topological polar surface area (TPSA) is 67.2 Å². The van der Waals surface area contributed by atoms with Gasteiger partial charge >= 0.3 is 0 Å². The number of benzene rings is 2. The minimum Gasteiger partial charge on any atom is -0.323 e. The molecule has 4 rings (SSSR count). The Balaban J connectivity index is 1.73. The van der Waals surface area contributed by atoms with Crippen LogP contribution < -0.4 is 5.32 Å². The zero-order chi connectivity index (χ0) is 21.4. The van der Waals surface area contributed by atoms with Crippen LogP contribution in [0, 0.1) is 0 Å². The number of imidazole rings is 1. The number of fused-ring (bicyclic) bond motifs is 1. The van der Waals surface area contributed by atoms with Crippen molar-refractivity contribution in [1.82, 2.24) is 19.8 Å². The molecule has 0 bridgehead atoms. The van der Waals surface area contributed by atoms with Gasteiger partial charge in [0.25, 0.3) is 11.1 Å². The summed E-state index contributed by atoms with van der Waals surface area (Å²) >= 11 is 13.3. The molecule has 30 heavy (non-hydrogen) atoms. The third-order valence-electron chi connectivity index (χ3n) is 4.67. The van der Waals surface area contributed by atoms with Gasteiger partial charge in [-0.2, -0.15) is 0 Å². The maximum Gasteiger partial charge on any atom is 0.290 e. The van der Waals surface area contributed by atoms with Gasteiger partial charge in [0, 0.05) is 18.7 Å². The summed E-state index contributed by atoms with van der Waals surface area (Å²) in [5.41, 5.74) is 3.46. The normalized spacial score (nSPS) is 15.6. The highest BCUT2D eigenvalue weighted by Gasteiger charge is 2.25. The minimum atomic E-state index is -0.367. The van der Waals surface area contributed by atoms with E-state index in [4.69, 9.17) is 28.2 Å². The summed E-state index contributed by atoms with van der Waals surface area (Å²) in [6.07, 6.45) is 1.70. The molecule has 9 heteroatoms. The second-order valence-corrected chi connectivity index (χ2v) is 8.95. The van der Waals surface area contributed by atoms with Crippen LogP contribution in [0.4, 0.5) is 4.79 Å². The van der Waals surface area contributed by atoms with E-state index in [-0.39, 0.29) is 11.1 Å². The zero-order valence-corrected chi connectivity index (χ0v) is 18.6. The van der Waals surface area contributed by atoms with E-state index in [2.05, 4.69) is 14.8 Å². The van der Waals surface area contributed by atoms with E-state index >= 15 is 0 Å². The molecular weight excluding hydrogens is 443 g/mol. The van der Waals surface area contributed by atoms with Crippen molar-refractivity contribution in [2.75, 3.05) is 20.6 Å². The lowest BCUT2D eigenvalue weighted by Crippen LogP contribution is -2.18. The van der Waals surface area contributed by atoms with Gasteiger partial charge in [-0.25, -0.2) is 4.98 Å². The van der Waals surface area contributed by atoms with Gasteiger partial charge < -0.3 is 9.47 Å². The average molecular weight is 461 g/mol. The molecule has 1 aliphatic heterocycles. The van der Waals surface area contributed by atoms with Gasteiger partial charge in [0.05, 0.1) is 26.0 Å². The van der Waals surface area contributed by atoms with Crippen LogP contribution in [-0.4, -0.2) is 46.2 Å². The Morgan fingerprint density at radius 1 is 1.13 bits per heavy atom. The van der Waals surface area contributed by atoms with Crippen molar-refractivity contribution in [2.24, 2.45) is 0 Å². The molecule has 0 saturated carbocycles. The van der Waals surface area contributed by atoms with Crippen molar-refractivity contribution >= 4 is 63.2 Å². The number of nitrogens with one attached hydrogen (secondary N) is 1. The van der Waals surface area contributed by atoms with Crippen LogP contribution in [-0.2, 0) is 11.3 Å². The standard InChI is InChI=1S/C21H18Cl2N4O2S/c1-26(2)7-8-27-17-11-15(23)14(22)10-16(17)24-19(27)13-5-3-12(4-6-13)9-18-20(28)25-21(29)30-18/h3-6,9-11H,7-8H2,1-2H3,(H,25,28,29)/b18-9-. The number of rotatable bonds is 5. The number of halogens is 2. The van der Waals surface area contributed by atoms with Crippen LogP contribution in [0.15, 0.2) is 41.3 Å². The monoisotopic (exact) mass is 460 g/mol. The van der Waals surface area contributed by atoms with Gasteiger partial charge in [0.1, 0.15) is 5.82 Å². The molecule has 1 fully saturated rings. The first kappa shape index (κ1) is 20.9. The molecule has 0 radical (unpaired) electrons. The van der Waals surface area contributed by atoms with Crippen LogP contribution in [0.25, 0.3) is 28.5 Å². The fourth-order valence-electron chi connectivity index (χ4n) is 3.17. The summed E-state index contributed by atoms with van der Waals surface area (Å²) in [6, 6.07) is 11.3. The van der Waals surface area contributed by atoms with Gasteiger partial charge in [0.2, 0.25) is 0 Å². The van der Waals surface area contributed by atoms with Crippen molar-refractivity contribution < 1.29 is 9.59 Å². The molecule has 154 valence electrons. The van der Waals surface area contributed by atoms with Gasteiger partial charge in [-0.15, -0.1) is 0 Å². The second-order valence-electron chi connectivity index (χ2n) is 7.12. The maximum atomic E-state index is 11.7. The molecule has 1 aromatic heterocycles. The van der Waals surface area contributed by atoms with E-state index in [1.165, 1.54) is 0 Å². The molecule has 2 heterocycles. The number of hydrogen-bond acceptors (Lipinski definition) is 5. The van der Waals surface area contributed by atoms with Gasteiger partial charge in [0.15, 0.2) is 0 Å². The molecule has 2 amide bonds. The van der Waals surface area contributed by atoms with Gasteiger partial charge in [-0.05, 0) is 49.6 Å². The SMILES string of the molecule is CN(C)CCn1c(-c2ccc(/C=C3\SC(=O)NC3=O)cc2)nc2cc(Cl)c(Cl)cc21. The summed E-state index contributed by atoms with van der Waals surface area (Å²) in [4.78, 5) is 30.4. The Hall–Kier alpha value is -2.32. The molecule has 0 aliphatic carbocycles. The lowest BCUT2D eigenvalue weighted by Gasteiger charge is -2.14. The predicted molar refractivity (Wildman–Crippen MR) is 123 cm³/mol. The molecule has 3 aromatic rings. The highest BCUT2D eigenvalue weighted by Crippen LogP contribution is 2.32. The molecule has 2 aromatic carbocycles. The molecular formula is C21H18Cl2N4O2S. The summed E-state index contributed by atoms with van der Waals surface area (Å²) in [7, 11) is 4.04. The second kappa shape index (κ2) is 8.43. The number of imide groups is 1. The summed E-state index contributed by atoms with van der Waals surface area (Å²) in [6.45, 7) is 1.57. The van der Waals surface area contributed by atoms with Gasteiger partial charge in [-0.3, -0.25) is 14.9 Å². The summed E-state index contributed by atoms with van der Waals surface area (Å²) < 4.78 is 2.13.